The molecule has 0 saturated heterocycles. The molecule has 0 saturated carbocycles. The Morgan fingerprint density at radius 2 is 1.71 bits per heavy atom. The Morgan fingerprint density at radius 3 is 2.24 bits per heavy atom. The molecule has 1 amide bonds. The summed E-state index contributed by atoms with van der Waals surface area (Å²) in [6, 6.07) is 10.00. The fraction of sp³-hybridized carbons (Fsp3) is 0.611. The molecule has 0 N–H and O–H groups in total. The summed E-state index contributed by atoms with van der Waals surface area (Å²) in [6.07, 6.45) is 0. The van der Waals surface area contributed by atoms with Gasteiger partial charge in [-0.05, 0) is 24.3 Å². The Labute approximate surface area is 129 Å². The molecule has 3 nitrogen and oxygen atoms in total. The average Bonchev–Trinajstić information content (AvgIpc) is 2.45. The maximum atomic E-state index is 12.8. The van der Waals surface area contributed by atoms with Crippen molar-refractivity contribution in [2.24, 2.45) is 11.8 Å². The molecule has 0 aliphatic carbocycles. The number of hydrogen-bond acceptors (Lipinski definition) is 2. The predicted molar refractivity (Wildman–Crippen MR) is 87.3 cm³/mol. The predicted octanol–water partition coefficient (Wildman–Crippen LogP) is 3.56. The quantitative estimate of drug-likeness (QED) is 0.733. The van der Waals surface area contributed by atoms with Gasteiger partial charge in [0.25, 0.3) is 0 Å². The van der Waals surface area contributed by atoms with Gasteiger partial charge in [-0.1, -0.05) is 51.1 Å². The second-order valence-electron chi connectivity index (χ2n) is 6.33. The number of hydrogen-bond donors (Lipinski definition) is 0. The number of rotatable bonds is 8. The van der Waals surface area contributed by atoms with Crippen molar-refractivity contribution in [3.63, 3.8) is 0 Å². The van der Waals surface area contributed by atoms with Crippen LogP contribution in [0.25, 0.3) is 0 Å². The number of ether oxygens (including phenoxy) is 1. The van der Waals surface area contributed by atoms with Gasteiger partial charge in [0.05, 0.1) is 12.5 Å². The molecule has 0 fully saturated rings. The highest BCUT2D eigenvalue weighted by molar-refractivity contribution is 5.83. The minimum atomic E-state index is -0.0975. The molecular weight excluding hydrogens is 262 g/mol. The van der Waals surface area contributed by atoms with E-state index in [0.717, 1.165) is 18.7 Å². The molecule has 2 atom stereocenters. The van der Waals surface area contributed by atoms with Crippen LogP contribution < -0.4 is 0 Å². The minimum Gasteiger partial charge on any atom is -0.384 e. The lowest BCUT2D eigenvalue weighted by Crippen LogP contribution is -2.40. The molecule has 118 valence electrons. The summed E-state index contributed by atoms with van der Waals surface area (Å²) in [7, 11) is 1.71. The first-order chi connectivity index (χ1) is 9.95. The Bertz CT molecular complexity index is 416. The van der Waals surface area contributed by atoms with Crippen molar-refractivity contribution >= 4 is 5.91 Å². The smallest absolute Gasteiger partial charge is 0.229 e. The second-order valence-corrected chi connectivity index (χ2v) is 6.33. The van der Waals surface area contributed by atoms with E-state index in [4.69, 9.17) is 4.74 Å². The molecule has 0 aromatic heterocycles. The molecule has 1 aromatic carbocycles. The van der Waals surface area contributed by atoms with Gasteiger partial charge in [0.15, 0.2) is 0 Å². The highest BCUT2D eigenvalue weighted by Gasteiger charge is 2.23. The summed E-state index contributed by atoms with van der Waals surface area (Å²) in [5.74, 6) is 0.921. The number of carbonyl (C=O) groups is 1. The molecule has 0 bridgehead atoms. The van der Waals surface area contributed by atoms with Crippen LogP contribution in [0.15, 0.2) is 30.3 Å². The fourth-order valence-corrected chi connectivity index (χ4v) is 2.57. The van der Waals surface area contributed by atoms with Gasteiger partial charge in [-0.2, -0.15) is 0 Å². The number of methoxy groups -OCH3 is 1. The molecule has 21 heavy (non-hydrogen) atoms. The van der Waals surface area contributed by atoms with Gasteiger partial charge < -0.3 is 9.64 Å². The summed E-state index contributed by atoms with van der Waals surface area (Å²) in [6.45, 7) is 10.6. The van der Waals surface area contributed by atoms with Crippen LogP contribution >= 0.6 is 0 Å². The summed E-state index contributed by atoms with van der Waals surface area (Å²) in [5, 5.41) is 0. The zero-order valence-corrected chi connectivity index (χ0v) is 14.0. The molecule has 0 aliphatic heterocycles. The minimum absolute atomic E-state index is 0.0975. The normalized spacial score (nSPS) is 14.0. The number of carbonyl (C=O) groups excluding carboxylic acids is 1. The van der Waals surface area contributed by atoms with Crippen LogP contribution in [0.2, 0.25) is 0 Å². The van der Waals surface area contributed by atoms with Crippen molar-refractivity contribution in [2.75, 3.05) is 26.8 Å². The Morgan fingerprint density at radius 1 is 1.10 bits per heavy atom. The van der Waals surface area contributed by atoms with E-state index < -0.39 is 0 Å². The maximum Gasteiger partial charge on any atom is 0.229 e. The first-order valence-corrected chi connectivity index (χ1v) is 7.78. The average molecular weight is 291 g/mol. The fourth-order valence-electron chi connectivity index (χ4n) is 2.57. The van der Waals surface area contributed by atoms with Crippen LogP contribution in [-0.2, 0) is 9.53 Å². The molecule has 0 radical (unpaired) electrons. The molecule has 3 heteroatoms. The van der Waals surface area contributed by atoms with E-state index in [9.17, 15) is 4.79 Å². The zero-order valence-electron chi connectivity index (χ0n) is 14.0. The third kappa shape index (κ3) is 5.88. The Kier molecular flexibility index (Phi) is 7.44. The molecular formula is C18H29NO2. The molecule has 0 heterocycles. The van der Waals surface area contributed by atoms with Crippen molar-refractivity contribution in [3.05, 3.63) is 35.9 Å². The SMILES string of the molecule is COCC(C)CN(CC(C)C)C(=O)C(C)c1ccccc1. The van der Waals surface area contributed by atoms with E-state index in [0.29, 0.717) is 18.4 Å². The van der Waals surface area contributed by atoms with Crippen molar-refractivity contribution in [1.29, 1.82) is 0 Å². The van der Waals surface area contributed by atoms with Gasteiger partial charge in [0.2, 0.25) is 5.91 Å². The maximum absolute atomic E-state index is 12.8. The van der Waals surface area contributed by atoms with E-state index in [-0.39, 0.29) is 11.8 Å². The van der Waals surface area contributed by atoms with E-state index >= 15 is 0 Å². The first-order valence-electron chi connectivity index (χ1n) is 7.78. The van der Waals surface area contributed by atoms with Crippen LogP contribution in [-0.4, -0.2) is 37.6 Å². The Hall–Kier alpha value is -1.35. The zero-order chi connectivity index (χ0) is 15.8. The van der Waals surface area contributed by atoms with Crippen LogP contribution in [0, 0.1) is 11.8 Å². The first kappa shape index (κ1) is 17.7. The van der Waals surface area contributed by atoms with Gasteiger partial charge in [-0.25, -0.2) is 0 Å². The van der Waals surface area contributed by atoms with E-state index in [1.54, 1.807) is 7.11 Å². The van der Waals surface area contributed by atoms with Gasteiger partial charge >= 0.3 is 0 Å². The third-order valence-corrected chi connectivity index (χ3v) is 3.55. The highest BCUT2D eigenvalue weighted by Crippen LogP contribution is 2.19. The third-order valence-electron chi connectivity index (χ3n) is 3.55. The molecule has 2 unspecified atom stereocenters. The highest BCUT2D eigenvalue weighted by atomic mass is 16.5. The summed E-state index contributed by atoms with van der Waals surface area (Å²) < 4.78 is 5.20. The summed E-state index contributed by atoms with van der Waals surface area (Å²) >= 11 is 0. The number of nitrogens with zero attached hydrogens (tertiary/aromatic N) is 1. The lowest BCUT2D eigenvalue weighted by molar-refractivity contribution is -0.133. The lowest BCUT2D eigenvalue weighted by atomic mass is 9.98. The van der Waals surface area contributed by atoms with Crippen molar-refractivity contribution in [2.45, 2.75) is 33.6 Å². The lowest BCUT2D eigenvalue weighted by Gasteiger charge is -2.30. The largest absolute Gasteiger partial charge is 0.384 e. The van der Waals surface area contributed by atoms with E-state index in [1.807, 2.05) is 42.2 Å². The molecule has 0 spiro atoms. The van der Waals surface area contributed by atoms with Crippen LogP contribution in [0.5, 0.6) is 0 Å². The van der Waals surface area contributed by atoms with E-state index in [1.165, 1.54) is 0 Å². The second kappa shape index (κ2) is 8.83. The van der Waals surface area contributed by atoms with Gasteiger partial charge in [-0.3, -0.25) is 4.79 Å². The molecule has 1 aromatic rings. The van der Waals surface area contributed by atoms with Crippen molar-refractivity contribution in [1.82, 2.24) is 4.90 Å². The molecule has 0 aliphatic rings. The summed E-state index contributed by atoms with van der Waals surface area (Å²) in [5.41, 5.74) is 1.08. The summed E-state index contributed by atoms with van der Waals surface area (Å²) in [4.78, 5) is 14.8. The van der Waals surface area contributed by atoms with Crippen molar-refractivity contribution < 1.29 is 9.53 Å². The van der Waals surface area contributed by atoms with Crippen molar-refractivity contribution in [3.8, 4) is 0 Å². The number of benzene rings is 1. The van der Waals surface area contributed by atoms with E-state index in [2.05, 4.69) is 20.8 Å². The number of amides is 1. The van der Waals surface area contributed by atoms with Crippen LogP contribution in [0.1, 0.15) is 39.2 Å². The van der Waals surface area contributed by atoms with Crippen LogP contribution in [0.4, 0.5) is 0 Å². The van der Waals surface area contributed by atoms with Gasteiger partial charge in [0, 0.05) is 20.2 Å². The van der Waals surface area contributed by atoms with Gasteiger partial charge in [-0.15, -0.1) is 0 Å². The van der Waals surface area contributed by atoms with Crippen LogP contribution in [0.3, 0.4) is 0 Å². The topological polar surface area (TPSA) is 29.5 Å². The Balaban J connectivity index is 2.79. The standard InChI is InChI=1S/C18H29NO2/c1-14(2)11-19(12-15(3)13-21-5)18(20)16(4)17-9-7-6-8-10-17/h6-10,14-16H,11-13H2,1-5H3. The monoisotopic (exact) mass is 291 g/mol. The van der Waals surface area contributed by atoms with Gasteiger partial charge in [0.1, 0.15) is 0 Å². The molecule has 1 rings (SSSR count).